The Hall–Kier alpha value is -2.00. The van der Waals surface area contributed by atoms with Crippen molar-refractivity contribution in [3.8, 4) is 5.75 Å². The molecular formula is C15H20F3N3O3. The lowest BCUT2D eigenvalue weighted by atomic mass is 10.2. The number of nitrogens with zero attached hydrogens (tertiary/aromatic N) is 2. The fourth-order valence-corrected chi connectivity index (χ4v) is 2.55. The van der Waals surface area contributed by atoms with Crippen LogP contribution in [0.4, 0.5) is 18.9 Å². The van der Waals surface area contributed by atoms with Gasteiger partial charge in [-0.15, -0.1) is 13.2 Å². The van der Waals surface area contributed by atoms with E-state index < -0.39 is 12.4 Å². The van der Waals surface area contributed by atoms with Gasteiger partial charge >= 0.3 is 6.36 Å². The van der Waals surface area contributed by atoms with Gasteiger partial charge in [-0.1, -0.05) is 6.07 Å². The Bertz CT molecular complexity index is 560. The molecule has 2 N–H and O–H groups in total. The molecule has 9 heteroatoms. The SMILES string of the molecule is COC[C@H](N)C(=O)N1CCN(c2cccc(OC(F)(F)F)c2)CC1. The minimum absolute atomic E-state index is 0.149. The number of ether oxygens (including phenoxy) is 2. The van der Waals surface area contributed by atoms with Gasteiger partial charge in [0.2, 0.25) is 5.91 Å². The first-order chi connectivity index (χ1) is 11.3. The number of hydrogen-bond acceptors (Lipinski definition) is 5. The van der Waals surface area contributed by atoms with Crippen LogP contribution in [0.1, 0.15) is 0 Å². The summed E-state index contributed by atoms with van der Waals surface area (Å²) in [7, 11) is 1.47. The molecule has 1 aliphatic rings. The van der Waals surface area contributed by atoms with Crippen molar-refractivity contribution >= 4 is 11.6 Å². The van der Waals surface area contributed by atoms with E-state index in [1.807, 2.05) is 4.90 Å². The van der Waals surface area contributed by atoms with Crippen molar-refractivity contribution in [3.63, 3.8) is 0 Å². The third-order valence-corrected chi connectivity index (χ3v) is 3.67. The zero-order valence-electron chi connectivity index (χ0n) is 13.3. The van der Waals surface area contributed by atoms with Crippen LogP contribution in [0, 0.1) is 0 Å². The Morgan fingerprint density at radius 3 is 2.54 bits per heavy atom. The lowest BCUT2D eigenvalue weighted by Gasteiger charge is -2.37. The van der Waals surface area contributed by atoms with Gasteiger partial charge in [-0.05, 0) is 12.1 Å². The highest BCUT2D eigenvalue weighted by molar-refractivity contribution is 5.82. The quantitative estimate of drug-likeness (QED) is 0.867. The Morgan fingerprint density at radius 1 is 1.29 bits per heavy atom. The third kappa shape index (κ3) is 5.00. The van der Waals surface area contributed by atoms with Crippen LogP contribution in [0.25, 0.3) is 0 Å². The van der Waals surface area contributed by atoms with E-state index in [1.165, 1.54) is 25.3 Å². The minimum Gasteiger partial charge on any atom is -0.406 e. The van der Waals surface area contributed by atoms with Crippen molar-refractivity contribution < 1.29 is 27.4 Å². The monoisotopic (exact) mass is 347 g/mol. The van der Waals surface area contributed by atoms with Crippen LogP contribution in [0.3, 0.4) is 0 Å². The predicted molar refractivity (Wildman–Crippen MR) is 81.8 cm³/mol. The number of benzene rings is 1. The number of alkyl halides is 3. The van der Waals surface area contributed by atoms with E-state index in [1.54, 1.807) is 11.0 Å². The van der Waals surface area contributed by atoms with Gasteiger partial charge in [0.05, 0.1) is 6.61 Å². The first kappa shape index (κ1) is 18.3. The number of rotatable bonds is 5. The number of carbonyl (C=O) groups is 1. The normalized spacial score (nSPS) is 16.9. The second-order valence-electron chi connectivity index (χ2n) is 5.42. The molecule has 6 nitrogen and oxygen atoms in total. The number of piperazine rings is 1. The first-order valence-electron chi connectivity index (χ1n) is 7.44. The standard InChI is InChI=1S/C15H20F3N3O3/c1-23-10-13(19)14(22)21-7-5-20(6-8-21)11-3-2-4-12(9-11)24-15(16,17)18/h2-4,9,13H,5-8,10,19H2,1H3/t13-/m0/s1. The minimum atomic E-state index is -4.72. The first-order valence-corrected chi connectivity index (χ1v) is 7.44. The summed E-state index contributed by atoms with van der Waals surface area (Å²) in [5.74, 6) is -0.453. The van der Waals surface area contributed by atoms with Crippen LogP contribution >= 0.6 is 0 Å². The molecule has 1 heterocycles. The van der Waals surface area contributed by atoms with Crippen LogP contribution < -0.4 is 15.4 Å². The van der Waals surface area contributed by atoms with E-state index in [2.05, 4.69) is 4.74 Å². The Labute approximate surface area is 137 Å². The summed E-state index contributed by atoms with van der Waals surface area (Å²) in [6, 6.07) is 5.09. The summed E-state index contributed by atoms with van der Waals surface area (Å²) >= 11 is 0. The van der Waals surface area contributed by atoms with Crippen LogP contribution in [0.15, 0.2) is 24.3 Å². The molecule has 0 aliphatic carbocycles. The number of nitrogens with two attached hydrogens (primary N) is 1. The second kappa shape index (κ2) is 7.71. The molecule has 1 amide bonds. The maximum Gasteiger partial charge on any atom is 0.573 e. The number of methoxy groups -OCH3 is 1. The molecule has 1 fully saturated rings. The Morgan fingerprint density at radius 2 is 1.96 bits per heavy atom. The summed E-state index contributed by atoms with van der Waals surface area (Å²) in [4.78, 5) is 15.6. The van der Waals surface area contributed by atoms with E-state index in [4.69, 9.17) is 10.5 Å². The number of carbonyl (C=O) groups excluding carboxylic acids is 1. The summed E-state index contributed by atoms with van der Waals surface area (Å²) in [6.45, 7) is 2.04. The summed E-state index contributed by atoms with van der Waals surface area (Å²) in [6.07, 6.45) is -4.72. The van der Waals surface area contributed by atoms with E-state index in [0.717, 1.165) is 0 Å². The van der Waals surface area contributed by atoms with Gasteiger partial charge < -0.3 is 25.0 Å². The molecular weight excluding hydrogens is 327 g/mol. The second-order valence-corrected chi connectivity index (χ2v) is 5.42. The molecule has 1 aliphatic heterocycles. The summed E-state index contributed by atoms with van der Waals surface area (Å²) in [5.41, 5.74) is 6.35. The summed E-state index contributed by atoms with van der Waals surface area (Å²) < 4.78 is 45.7. The molecule has 1 aromatic carbocycles. The van der Waals surface area contributed by atoms with Gasteiger partial charge in [0, 0.05) is 45.0 Å². The highest BCUT2D eigenvalue weighted by atomic mass is 19.4. The van der Waals surface area contributed by atoms with Crippen molar-refractivity contribution in [2.24, 2.45) is 5.73 Å². The third-order valence-electron chi connectivity index (χ3n) is 3.67. The van der Waals surface area contributed by atoms with Gasteiger partial charge in [0.25, 0.3) is 0 Å². The average Bonchev–Trinajstić information content (AvgIpc) is 2.53. The van der Waals surface area contributed by atoms with Crippen molar-refractivity contribution in [2.45, 2.75) is 12.4 Å². The van der Waals surface area contributed by atoms with Crippen molar-refractivity contribution in [3.05, 3.63) is 24.3 Å². The Kier molecular flexibility index (Phi) is 5.89. The number of amides is 1. The van der Waals surface area contributed by atoms with E-state index in [0.29, 0.717) is 31.9 Å². The predicted octanol–water partition coefficient (Wildman–Crippen LogP) is 1.21. The summed E-state index contributed by atoms with van der Waals surface area (Å²) in [5, 5.41) is 0. The highest BCUT2D eigenvalue weighted by Gasteiger charge is 2.31. The molecule has 1 atom stereocenters. The van der Waals surface area contributed by atoms with Gasteiger partial charge in [-0.3, -0.25) is 4.79 Å². The molecule has 134 valence electrons. The van der Waals surface area contributed by atoms with Gasteiger partial charge in [-0.25, -0.2) is 0 Å². The van der Waals surface area contributed by atoms with Crippen molar-refractivity contribution in [2.75, 3.05) is 44.8 Å². The fourth-order valence-electron chi connectivity index (χ4n) is 2.55. The molecule has 2 rings (SSSR count). The number of anilines is 1. The highest BCUT2D eigenvalue weighted by Crippen LogP contribution is 2.27. The lowest BCUT2D eigenvalue weighted by Crippen LogP contribution is -2.54. The van der Waals surface area contributed by atoms with Crippen LogP contribution in [0.5, 0.6) is 5.75 Å². The zero-order valence-corrected chi connectivity index (χ0v) is 13.3. The van der Waals surface area contributed by atoms with E-state index in [-0.39, 0.29) is 18.3 Å². The molecule has 0 saturated carbocycles. The maximum atomic E-state index is 12.3. The van der Waals surface area contributed by atoms with Crippen LogP contribution in [-0.4, -0.2) is 63.1 Å². The van der Waals surface area contributed by atoms with Crippen LogP contribution in [-0.2, 0) is 9.53 Å². The lowest BCUT2D eigenvalue weighted by molar-refractivity contribution is -0.274. The molecule has 1 saturated heterocycles. The molecule has 0 spiro atoms. The smallest absolute Gasteiger partial charge is 0.406 e. The molecule has 0 aromatic heterocycles. The fraction of sp³-hybridized carbons (Fsp3) is 0.533. The Balaban J connectivity index is 1.95. The van der Waals surface area contributed by atoms with Gasteiger partial charge in [-0.2, -0.15) is 0 Å². The van der Waals surface area contributed by atoms with Gasteiger partial charge in [0.15, 0.2) is 0 Å². The van der Waals surface area contributed by atoms with E-state index >= 15 is 0 Å². The molecule has 1 aromatic rings. The largest absolute Gasteiger partial charge is 0.573 e. The van der Waals surface area contributed by atoms with Crippen molar-refractivity contribution in [1.29, 1.82) is 0 Å². The number of hydrogen-bond donors (Lipinski definition) is 1. The molecule has 24 heavy (non-hydrogen) atoms. The average molecular weight is 347 g/mol. The molecule has 0 bridgehead atoms. The number of halogens is 3. The van der Waals surface area contributed by atoms with E-state index in [9.17, 15) is 18.0 Å². The maximum absolute atomic E-state index is 12.3. The van der Waals surface area contributed by atoms with Gasteiger partial charge in [0.1, 0.15) is 11.8 Å². The zero-order chi connectivity index (χ0) is 17.7. The molecule has 0 radical (unpaired) electrons. The van der Waals surface area contributed by atoms with Crippen LogP contribution in [0.2, 0.25) is 0 Å². The topological polar surface area (TPSA) is 68.0 Å². The molecule has 0 unspecified atom stereocenters. The van der Waals surface area contributed by atoms with Crippen molar-refractivity contribution in [1.82, 2.24) is 4.90 Å².